The van der Waals surface area contributed by atoms with E-state index in [4.69, 9.17) is 4.74 Å². The molecule has 0 atom stereocenters. The van der Waals surface area contributed by atoms with Crippen LogP contribution in [0.15, 0.2) is 18.2 Å². The van der Waals surface area contributed by atoms with Gasteiger partial charge in [0.2, 0.25) is 0 Å². The van der Waals surface area contributed by atoms with Gasteiger partial charge in [-0.2, -0.15) is 0 Å². The predicted molar refractivity (Wildman–Crippen MR) is 131 cm³/mol. The first-order valence-corrected chi connectivity index (χ1v) is 12.7. The van der Waals surface area contributed by atoms with Gasteiger partial charge in [0.1, 0.15) is 10.6 Å². The number of piperazine rings is 1. The monoisotopic (exact) mass is 487 g/mol. The molecule has 10 heteroatoms. The summed E-state index contributed by atoms with van der Waals surface area (Å²) >= 11 is 1.37. The van der Waals surface area contributed by atoms with Crippen LogP contribution in [0.4, 0.5) is 16.4 Å². The minimum Gasteiger partial charge on any atom is -0.462 e. The summed E-state index contributed by atoms with van der Waals surface area (Å²) in [4.78, 5) is 41.9. The molecule has 0 saturated carbocycles. The Balaban J connectivity index is 1.60. The minimum absolute atomic E-state index is 0.0206. The second kappa shape index (κ2) is 10.5. The molecule has 2 aromatic rings. The summed E-state index contributed by atoms with van der Waals surface area (Å²) in [5, 5.41) is 15.1. The number of hydrogen-bond acceptors (Lipinski definition) is 7. The van der Waals surface area contributed by atoms with Crippen LogP contribution in [0.25, 0.3) is 0 Å². The number of nitro benzene ring substituents is 1. The van der Waals surface area contributed by atoms with Crippen molar-refractivity contribution in [3.63, 3.8) is 0 Å². The van der Waals surface area contributed by atoms with Crippen molar-refractivity contribution in [3.8, 4) is 0 Å². The van der Waals surface area contributed by atoms with Crippen molar-refractivity contribution >= 4 is 39.6 Å². The molecule has 0 unspecified atom stereocenters. The van der Waals surface area contributed by atoms with E-state index in [9.17, 15) is 19.7 Å². The van der Waals surface area contributed by atoms with E-state index in [0.29, 0.717) is 10.6 Å². The average molecular weight is 488 g/mol. The predicted octanol–water partition coefficient (Wildman–Crippen LogP) is 2.69. The molecule has 1 aliphatic heterocycles. The van der Waals surface area contributed by atoms with Crippen molar-refractivity contribution in [1.82, 2.24) is 0 Å². The Hall–Kier alpha value is -2.98. The van der Waals surface area contributed by atoms with Crippen LogP contribution in [-0.4, -0.2) is 56.1 Å². The van der Waals surface area contributed by atoms with Gasteiger partial charge in [0.05, 0.1) is 49.8 Å². The van der Waals surface area contributed by atoms with Crippen LogP contribution in [0.2, 0.25) is 0 Å². The quantitative estimate of drug-likeness (QED) is 0.353. The van der Waals surface area contributed by atoms with Crippen LogP contribution in [0.3, 0.4) is 0 Å². The Morgan fingerprint density at radius 1 is 1.21 bits per heavy atom. The Kier molecular flexibility index (Phi) is 7.47. The summed E-state index contributed by atoms with van der Waals surface area (Å²) in [5.41, 5.74) is 1.82. The number of nitro groups is 1. The molecule has 1 aliphatic carbocycles. The molecule has 2 heterocycles. The zero-order chi connectivity index (χ0) is 24.2. The van der Waals surface area contributed by atoms with Gasteiger partial charge in [-0.05, 0) is 57.2 Å². The van der Waals surface area contributed by atoms with Crippen molar-refractivity contribution in [3.05, 3.63) is 49.9 Å². The number of quaternary nitrogens is 1. The molecule has 9 nitrogen and oxygen atoms in total. The first-order chi connectivity index (χ1) is 16.4. The zero-order valence-electron chi connectivity index (χ0n) is 19.6. The second-order valence-electron chi connectivity index (χ2n) is 8.64. The third-order valence-electron chi connectivity index (χ3n) is 6.64. The number of thiophene rings is 1. The Bertz CT molecular complexity index is 1090. The number of carbonyl (C=O) groups is 2. The fourth-order valence-corrected chi connectivity index (χ4v) is 6.01. The highest BCUT2D eigenvalue weighted by molar-refractivity contribution is 7.17. The fraction of sp³-hybridized carbons (Fsp3) is 0.500. The highest BCUT2D eigenvalue weighted by atomic mass is 32.1. The fourth-order valence-electron chi connectivity index (χ4n) is 4.74. The summed E-state index contributed by atoms with van der Waals surface area (Å²) in [6.07, 6.45) is 3.62. The van der Waals surface area contributed by atoms with Gasteiger partial charge in [-0.15, -0.1) is 11.3 Å². The van der Waals surface area contributed by atoms with Crippen molar-refractivity contribution in [2.45, 2.75) is 39.5 Å². The zero-order valence-corrected chi connectivity index (χ0v) is 20.5. The van der Waals surface area contributed by atoms with Crippen molar-refractivity contribution in [2.75, 3.05) is 49.5 Å². The van der Waals surface area contributed by atoms with Gasteiger partial charge in [-0.25, -0.2) is 4.79 Å². The first-order valence-electron chi connectivity index (χ1n) is 11.9. The molecule has 1 saturated heterocycles. The molecule has 1 aromatic carbocycles. The number of amides is 1. The normalized spacial score (nSPS) is 16.1. The number of ether oxygens (including phenoxy) is 1. The van der Waals surface area contributed by atoms with Gasteiger partial charge < -0.3 is 19.9 Å². The molecule has 182 valence electrons. The Labute approximate surface area is 202 Å². The molecule has 2 N–H and O–H groups in total. The van der Waals surface area contributed by atoms with Crippen molar-refractivity contribution in [1.29, 1.82) is 0 Å². The van der Waals surface area contributed by atoms with Crippen molar-refractivity contribution < 1.29 is 24.1 Å². The lowest BCUT2D eigenvalue weighted by atomic mass is 9.95. The van der Waals surface area contributed by atoms with Crippen LogP contribution >= 0.6 is 11.3 Å². The highest BCUT2D eigenvalue weighted by Crippen LogP contribution is 2.39. The molecule has 2 aliphatic rings. The topological polar surface area (TPSA) is 106 Å². The van der Waals surface area contributed by atoms with Gasteiger partial charge >= 0.3 is 5.97 Å². The maximum absolute atomic E-state index is 13.2. The molecule has 0 spiro atoms. The lowest BCUT2D eigenvalue weighted by Gasteiger charge is -2.33. The summed E-state index contributed by atoms with van der Waals surface area (Å²) in [7, 11) is 0. The summed E-state index contributed by atoms with van der Waals surface area (Å²) in [6.45, 7) is 8.78. The number of rotatable bonds is 7. The number of carbonyl (C=O) groups excluding carboxylic acids is 2. The summed E-state index contributed by atoms with van der Waals surface area (Å²) < 4.78 is 5.24. The number of anilines is 2. The van der Waals surface area contributed by atoms with E-state index >= 15 is 0 Å². The van der Waals surface area contributed by atoms with Gasteiger partial charge in [0.25, 0.3) is 11.6 Å². The number of nitrogens with one attached hydrogen (secondary N) is 2. The van der Waals surface area contributed by atoms with Gasteiger partial charge in [-0.1, -0.05) is 0 Å². The Morgan fingerprint density at radius 2 is 1.94 bits per heavy atom. The van der Waals surface area contributed by atoms with E-state index in [1.54, 1.807) is 13.0 Å². The maximum Gasteiger partial charge on any atom is 0.341 e. The largest absolute Gasteiger partial charge is 0.462 e. The molecular weight excluding hydrogens is 456 g/mol. The molecule has 0 bridgehead atoms. The summed E-state index contributed by atoms with van der Waals surface area (Å²) in [5.74, 6) is -1.06. The third-order valence-corrected chi connectivity index (χ3v) is 7.84. The molecule has 1 amide bonds. The van der Waals surface area contributed by atoms with Crippen LogP contribution < -0.4 is 15.1 Å². The van der Waals surface area contributed by atoms with Crippen LogP contribution in [0, 0.1) is 10.1 Å². The minimum atomic E-state index is -0.595. The van der Waals surface area contributed by atoms with E-state index in [1.807, 2.05) is 0 Å². The number of likely N-dealkylation sites (N-methyl/N-ethyl adjacent to an activating group) is 1. The van der Waals surface area contributed by atoms with E-state index in [1.165, 1.54) is 28.4 Å². The highest BCUT2D eigenvalue weighted by Gasteiger charge is 2.30. The van der Waals surface area contributed by atoms with Crippen molar-refractivity contribution in [2.24, 2.45) is 0 Å². The number of fused-ring (bicyclic) bond motifs is 1. The van der Waals surface area contributed by atoms with E-state index < -0.39 is 16.8 Å². The maximum atomic E-state index is 13.2. The van der Waals surface area contributed by atoms with Gasteiger partial charge in [0, 0.05) is 16.6 Å². The lowest BCUT2D eigenvalue weighted by molar-refractivity contribution is -0.898. The SMILES string of the molecule is CCOC(=O)c1c(NC(=O)c2ccc(N3CC[NH+](CC)CC3)cc2[N+](=O)[O-])sc2c1CCCC2. The van der Waals surface area contributed by atoms with Gasteiger partial charge in [0.15, 0.2) is 0 Å². The number of esters is 1. The molecular formula is C24H31N4O5S+. The summed E-state index contributed by atoms with van der Waals surface area (Å²) in [6, 6.07) is 4.77. The van der Waals surface area contributed by atoms with E-state index in [-0.39, 0.29) is 17.9 Å². The Morgan fingerprint density at radius 3 is 2.62 bits per heavy atom. The second-order valence-corrected chi connectivity index (χ2v) is 9.74. The molecule has 0 radical (unpaired) electrons. The van der Waals surface area contributed by atoms with Crippen LogP contribution in [0.5, 0.6) is 0 Å². The number of hydrogen-bond donors (Lipinski definition) is 2. The van der Waals surface area contributed by atoms with Crippen LogP contribution in [0.1, 0.15) is 57.8 Å². The first kappa shape index (κ1) is 24.2. The van der Waals surface area contributed by atoms with Crippen LogP contribution in [-0.2, 0) is 17.6 Å². The number of aryl methyl sites for hydroxylation is 1. The standard InChI is InChI=1S/C24H30N4O5S/c1-3-26-11-13-27(14-12-26)16-9-10-17(19(15-16)28(31)32)22(29)25-23-21(24(30)33-4-2)18-7-5-6-8-20(18)34-23/h9-10,15H,3-8,11-14H2,1-2H3,(H,25,29)/p+1. The van der Waals surface area contributed by atoms with Gasteiger partial charge in [-0.3, -0.25) is 14.9 Å². The molecule has 1 fully saturated rings. The molecule has 34 heavy (non-hydrogen) atoms. The smallest absolute Gasteiger partial charge is 0.341 e. The number of nitrogens with zero attached hydrogens (tertiary/aromatic N) is 2. The van der Waals surface area contributed by atoms with E-state index in [0.717, 1.165) is 74.5 Å². The lowest BCUT2D eigenvalue weighted by Crippen LogP contribution is -3.14. The third kappa shape index (κ3) is 4.92. The molecule has 1 aromatic heterocycles. The average Bonchev–Trinajstić information content (AvgIpc) is 3.21. The molecule has 4 rings (SSSR count). The van der Waals surface area contributed by atoms with E-state index in [2.05, 4.69) is 17.1 Å². The number of benzene rings is 1.